The van der Waals surface area contributed by atoms with E-state index in [0.29, 0.717) is 44.9 Å². The Morgan fingerprint density at radius 2 is 1.78 bits per heavy atom. The molecule has 252 valence electrons. The number of ether oxygens (including phenoxy) is 1. The van der Waals surface area contributed by atoms with Crippen molar-refractivity contribution < 1.29 is 39.2 Å². The Morgan fingerprint density at radius 1 is 1.07 bits per heavy atom. The first-order valence-electron chi connectivity index (χ1n) is 16.6. The van der Waals surface area contributed by atoms with Gasteiger partial charge in [0.05, 0.1) is 24.2 Å². The number of nitrogens with zero attached hydrogens (tertiary/aromatic N) is 1. The molecule has 2 fully saturated rings. The number of aliphatic hydroxyl groups excluding tert-OH is 1. The van der Waals surface area contributed by atoms with Crippen molar-refractivity contribution in [2.24, 2.45) is 17.8 Å². The van der Waals surface area contributed by atoms with E-state index in [1.807, 2.05) is 58.1 Å². The first-order valence-corrected chi connectivity index (χ1v) is 16.6. The molecular formula is C36H54NO8-. The fourth-order valence-corrected chi connectivity index (χ4v) is 6.03. The molecule has 2 aliphatic rings. The smallest absolute Gasteiger partial charge is 0.296 e. The maximum Gasteiger partial charge on any atom is 0.296 e. The molecule has 9 nitrogen and oxygen atoms in total. The minimum absolute atomic E-state index is 0.0675. The third-order valence-electron chi connectivity index (χ3n) is 9.12. The Balaban J connectivity index is 1.85. The molecule has 5 unspecified atom stereocenters. The molecular weight excluding hydrogens is 574 g/mol. The topological polar surface area (TPSA) is 144 Å². The number of carbonyl (C=O) groups is 4. The third kappa shape index (κ3) is 11.5. The molecule has 2 aliphatic heterocycles. The number of hydrogen-bond donors (Lipinski definition) is 2. The number of rotatable bonds is 16. The van der Waals surface area contributed by atoms with Crippen molar-refractivity contribution in [3.05, 3.63) is 47.6 Å². The number of carbonyl (C=O) groups excluding carboxylic acids is 4. The lowest BCUT2D eigenvalue weighted by atomic mass is 9.85. The number of aliphatic hydroxyl groups is 2. The average molecular weight is 629 g/mol. The summed E-state index contributed by atoms with van der Waals surface area (Å²) in [4.78, 5) is 51.3. The largest absolute Gasteiger partial charge is 0.548 e. The molecule has 2 N–H and O–H groups in total. The van der Waals surface area contributed by atoms with Gasteiger partial charge in [-0.15, -0.1) is 0 Å². The fourth-order valence-electron chi connectivity index (χ4n) is 6.03. The maximum absolute atomic E-state index is 13.2. The van der Waals surface area contributed by atoms with Gasteiger partial charge >= 0.3 is 0 Å². The summed E-state index contributed by atoms with van der Waals surface area (Å²) in [6.07, 6.45) is 16.1. The molecule has 2 heterocycles. The molecule has 0 aromatic carbocycles. The van der Waals surface area contributed by atoms with Gasteiger partial charge in [-0.25, -0.2) is 0 Å². The second kappa shape index (κ2) is 18.3. The molecule has 0 aromatic rings. The Hall–Kier alpha value is -2.88. The SMILES string of the molecule is CC/C=C(\C)C(O)CC(=O)C(C)C[C@H](C)/C=C/C=C/C=C(\C)CC[C@@H]1CCC(C)C(O)(C(=O)C(=O)N2CCCCC2C(=O)[O-])O1. The number of likely N-dealkylation sites (tertiary alicyclic amines) is 1. The van der Waals surface area contributed by atoms with Crippen LogP contribution in [-0.2, 0) is 23.9 Å². The summed E-state index contributed by atoms with van der Waals surface area (Å²) >= 11 is 0. The lowest BCUT2D eigenvalue weighted by Crippen LogP contribution is -2.61. The van der Waals surface area contributed by atoms with Gasteiger partial charge in [0.15, 0.2) is 0 Å². The van der Waals surface area contributed by atoms with Gasteiger partial charge in [-0.2, -0.15) is 0 Å². The van der Waals surface area contributed by atoms with Crippen LogP contribution in [0.1, 0.15) is 106 Å². The van der Waals surface area contributed by atoms with E-state index in [1.165, 1.54) is 0 Å². The van der Waals surface area contributed by atoms with Crippen LogP contribution in [0.3, 0.4) is 0 Å². The Kier molecular flexibility index (Phi) is 15.6. The number of aliphatic carboxylic acids is 1. The third-order valence-corrected chi connectivity index (χ3v) is 9.12. The molecule has 0 aliphatic carbocycles. The zero-order valence-corrected chi connectivity index (χ0v) is 28.0. The van der Waals surface area contributed by atoms with Gasteiger partial charge in [0.25, 0.3) is 11.7 Å². The van der Waals surface area contributed by atoms with E-state index in [-0.39, 0.29) is 37.0 Å². The molecule has 0 aromatic heterocycles. The van der Waals surface area contributed by atoms with Crippen molar-refractivity contribution >= 4 is 23.4 Å². The zero-order valence-electron chi connectivity index (χ0n) is 28.0. The highest BCUT2D eigenvalue weighted by Crippen LogP contribution is 2.36. The van der Waals surface area contributed by atoms with Gasteiger partial charge in [-0.3, -0.25) is 14.4 Å². The Labute approximate surface area is 269 Å². The summed E-state index contributed by atoms with van der Waals surface area (Å²) in [7, 11) is 0. The number of allylic oxidation sites excluding steroid dienone is 7. The standard InChI is InChI=1S/C36H55NO8/c1-7-13-26(4)31(38)23-32(39)27(5)22-25(3)15-10-8-9-14-24(2)17-19-29-20-18-28(6)36(44,45-29)33(40)34(41)37-21-12-11-16-30(37)35(42)43/h8-10,13-15,25,27-31,38,44H,7,11-12,16-23H2,1-6H3,(H,42,43)/p-1/b9-8+,15-10+,24-14+,26-13+/t25-,27?,28?,29-,30?,31?,36?/m1/s1. The predicted octanol–water partition coefficient (Wildman–Crippen LogP) is 4.37. The van der Waals surface area contributed by atoms with E-state index < -0.39 is 47.6 Å². The number of ketones is 2. The van der Waals surface area contributed by atoms with E-state index in [1.54, 1.807) is 6.92 Å². The van der Waals surface area contributed by atoms with Crippen molar-refractivity contribution in [1.29, 1.82) is 0 Å². The summed E-state index contributed by atoms with van der Waals surface area (Å²) in [5.74, 6) is -6.31. The van der Waals surface area contributed by atoms with E-state index in [0.717, 1.165) is 22.5 Å². The maximum atomic E-state index is 13.2. The van der Waals surface area contributed by atoms with Crippen LogP contribution < -0.4 is 5.11 Å². The van der Waals surface area contributed by atoms with Gasteiger partial charge in [0, 0.05) is 24.8 Å². The summed E-state index contributed by atoms with van der Waals surface area (Å²) in [5, 5.41) is 33.0. The molecule has 9 heteroatoms. The molecule has 0 bridgehead atoms. The minimum atomic E-state index is -2.29. The molecule has 45 heavy (non-hydrogen) atoms. The predicted molar refractivity (Wildman–Crippen MR) is 171 cm³/mol. The van der Waals surface area contributed by atoms with Crippen molar-refractivity contribution in [2.45, 2.75) is 130 Å². The highest BCUT2D eigenvalue weighted by atomic mass is 16.6. The second-order valence-corrected chi connectivity index (χ2v) is 13.1. The lowest BCUT2D eigenvalue weighted by Gasteiger charge is -2.42. The quantitative estimate of drug-likeness (QED) is 0.146. The normalized spacial score (nSPS) is 27.0. The average Bonchev–Trinajstić information content (AvgIpc) is 3.00. The van der Waals surface area contributed by atoms with Gasteiger partial charge in [0.1, 0.15) is 5.78 Å². The molecule has 0 spiro atoms. The van der Waals surface area contributed by atoms with Crippen molar-refractivity contribution in [2.75, 3.05) is 6.54 Å². The van der Waals surface area contributed by atoms with E-state index >= 15 is 0 Å². The molecule has 1 amide bonds. The van der Waals surface area contributed by atoms with Crippen LogP contribution >= 0.6 is 0 Å². The van der Waals surface area contributed by atoms with E-state index in [2.05, 4.69) is 13.0 Å². The molecule has 0 radical (unpaired) electrons. The van der Waals surface area contributed by atoms with Gasteiger partial charge in [-0.1, -0.05) is 69.7 Å². The minimum Gasteiger partial charge on any atom is -0.548 e. The summed E-state index contributed by atoms with van der Waals surface area (Å²) in [6, 6.07) is -1.18. The first-order chi connectivity index (χ1) is 21.2. The monoisotopic (exact) mass is 628 g/mol. The Morgan fingerprint density at radius 3 is 2.44 bits per heavy atom. The molecule has 7 atom stereocenters. The highest BCUT2D eigenvalue weighted by molar-refractivity contribution is 6.39. The van der Waals surface area contributed by atoms with E-state index in [9.17, 15) is 34.5 Å². The van der Waals surface area contributed by atoms with Crippen molar-refractivity contribution in [3.8, 4) is 0 Å². The van der Waals surface area contributed by atoms with Crippen molar-refractivity contribution in [3.63, 3.8) is 0 Å². The molecule has 2 saturated heterocycles. The summed E-state index contributed by atoms with van der Waals surface area (Å²) in [5.41, 5.74) is 1.92. The van der Waals surface area contributed by atoms with Crippen LogP contribution in [0.2, 0.25) is 0 Å². The van der Waals surface area contributed by atoms with Gasteiger partial charge < -0.3 is 29.8 Å². The number of amides is 1. The van der Waals surface area contributed by atoms with Crippen LogP contribution in [0, 0.1) is 17.8 Å². The number of piperidine rings is 1. The van der Waals surface area contributed by atoms with Crippen LogP contribution in [0.4, 0.5) is 0 Å². The van der Waals surface area contributed by atoms with Crippen LogP contribution in [0.25, 0.3) is 0 Å². The first kappa shape index (κ1) is 38.3. The highest BCUT2D eigenvalue weighted by Gasteiger charge is 2.52. The fraction of sp³-hybridized carbons (Fsp3) is 0.667. The number of carboxylic acids is 1. The van der Waals surface area contributed by atoms with Gasteiger partial charge in [-0.05, 0) is 83.1 Å². The summed E-state index contributed by atoms with van der Waals surface area (Å²) in [6.45, 7) is 11.6. The molecule has 0 saturated carbocycles. The second-order valence-electron chi connectivity index (χ2n) is 13.1. The van der Waals surface area contributed by atoms with Crippen LogP contribution in [-0.4, -0.2) is 69.1 Å². The molecule has 2 rings (SSSR count). The Bertz CT molecular complexity index is 1150. The number of hydrogen-bond acceptors (Lipinski definition) is 8. The van der Waals surface area contributed by atoms with Gasteiger partial charge in [0.2, 0.25) is 5.79 Å². The lowest BCUT2D eigenvalue weighted by molar-refractivity contribution is -0.312. The van der Waals surface area contributed by atoms with Crippen LogP contribution in [0.15, 0.2) is 47.6 Å². The zero-order chi connectivity index (χ0) is 33.7. The number of carboxylic acid groups (broad SMARTS) is 1. The van der Waals surface area contributed by atoms with Crippen molar-refractivity contribution in [1.82, 2.24) is 4.90 Å². The number of Topliss-reactive ketones (excluding diaryl/α,β-unsaturated/α-hetero) is 2. The van der Waals surface area contributed by atoms with E-state index in [4.69, 9.17) is 4.74 Å². The summed E-state index contributed by atoms with van der Waals surface area (Å²) < 4.78 is 5.87. The van der Waals surface area contributed by atoms with Crippen LogP contribution in [0.5, 0.6) is 0 Å².